The number of halogens is 1. The molecule has 48 heavy (non-hydrogen) atoms. The van der Waals surface area contributed by atoms with Crippen LogP contribution in [0.15, 0.2) is 30.3 Å². The largest absolute Gasteiger partial charge is 0.474 e. The van der Waals surface area contributed by atoms with Gasteiger partial charge in [0.05, 0.1) is 25.8 Å². The van der Waals surface area contributed by atoms with Crippen LogP contribution in [0.3, 0.4) is 0 Å². The van der Waals surface area contributed by atoms with Crippen molar-refractivity contribution >= 4 is 23.6 Å². The van der Waals surface area contributed by atoms with Crippen LogP contribution < -0.4 is 15.4 Å². The van der Waals surface area contributed by atoms with Gasteiger partial charge in [-0.15, -0.1) is 0 Å². The van der Waals surface area contributed by atoms with Crippen molar-refractivity contribution in [1.29, 1.82) is 0 Å². The van der Waals surface area contributed by atoms with Gasteiger partial charge in [0.25, 0.3) is 5.91 Å². The highest BCUT2D eigenvalue weighted by Crippen LogP contribution is 2.44. The van der Waals surface area contributed by atoms with Crippen molar-refractivity contribution in [3.05, 3.63) is 53.0 Å². The number of nitrogens with two attached hydrogens (primary N) is 1. The molecule has 0 unspecified atom stereocenters. The Morgan fingerprint density at radius 2 is 1.83 bits per heavy atom. The predicted octanol–water partition coefficient (Wildman–Crippen LogP) is 3.20. The third kappa shape index (κ3) is 7.28. The van der Waals surface area contributed by atoms with Crippen molar-refractivity contribution in [1.82, 2.24) is 19.7 Å². The predicted molar refractivity (Wildman–Crippen MR) is 177 cm³/mol. The number of hydrogen-bond donors (Lipinski definition) is 1. The lowest BCUT2D eigenvalue weighted by Gasteiger charge is -2.48. The monoisotopic (exact) mass is 666 g/mol. The number of rotatable bonds is 7. The molecule has 4 heterocycles. The third-order valence-corrected chi connectivity index (χ3v) is 9.75. The molecule has 1 aromatic carbocycles. The Morgan fingerprint density at radius 1 is 1.10 bits per heavy atom. The molecule has 4 aliphatic rings. The van der Waals surface area contributed by atoms with Gasteiger partial charge in [-0.05, 0) is 83.2 Å². The van der Waals surface area contributed by atoms with Crippen LogP contribution in [0.1, 0.15) is 69.1 Å². The smallest absolute Gasteiger partial charge is 0.410 e. The lowest BCUT2D eigenvalue weighted by atomic mass is 10.0. The zero-order chi connectivity index (χ0) is 34.4. The van der Waals surface area contributed by atoms with E-state index in [0.717, 1.165) is 24.9 Å². The number of fused-ring (bicyclic) bond motifs is 1. The van der Waals surface area contributed by atoms with Gasteiger partial charge in [-0.3, -0.25) is 19.4 Å². The molecular formula is C35H47FN6O6. The van der Waals surface area contributed by atoms with E-state index in [1.54, 1.807) is 28.0 Å². The van der Waals surface area contributed by atoms with Crippen LogP contribution in [0.2, 0.25) is 0 Å². The highest BCUT2D eigenvalue weighted by molar-refractivity contribution is 5.99. The summed E-state index contributed by atoms with van der Waals surface area (Å²) in [6, 6.07) is 7.12. The van der Waals surface area contributed by atoms with Crippen molar-refractivity contribution < 1.29 is 33.0 Å². The van der Waals surface area contributed by atoms with E-state index < -0.39 is 11.5 Å². The van der Waals surface area contributed by atoms with Crippen LogP contribution in [0.5, 0.6) is 5.88 Å². The molecule has 1 saturated carbocycles. The van der Waals surface area contributed by atoms with Gasteiger partial charge < -0.3 is 29.7 Å². The fourth-order valence-corrected chi connectivity index (χ4v) is 7.08. The molecule has 3 amide bonds. The van der Waals surface area contributed by atoms with Gasteiger partial charge >= 0.3 is 6.09 Å². The first-order valence-corrected chi connectivity index (χ1v) is 16.8. The van der Waals surface area contributed by atoms with Crippen molar-refractivity contribution in [2.75, 3.05) is 57.4 Å². The summed E-state index contributed by atoms with van der Waals surface area (Å²) in [4.78, 5) is 52.8. The second kappa shape index (κ2) is 13.2. The summed E-state index contributed by atoms with van der Waals surface area (Å²) in [5.74, 6) is -1.05. The Bertz CT molecular complexity index is 1540. The molecule has 2 saturated heterocycles. The van der Waals surface area contributed by atoms with Gasteiger partial charge in [-0.25, -0.2) is 14.2 Å². The molecule has 1 aliphatic carbocycles. The number of primary amides is 1. The van der Waals surface area contributed by atoms with E-state index in [1.165, 1.54) is 12.1 Å². The fraction of sp³-hybridized carbons (Fsp3) is 0.600. The summed E-state index contributed by atoms with van der Waals surface area (Å²) in [5, 5.41) is 0. The van der Waals surface area contributed by atoms with Crippen molar-refractivity contribution in [3.8, 4) is 5.88 Å². The van der Waals surface area contributed by atoms with Crippen LogP contribution in [0.4, 0.5) is 14.9 Å². The molecule has 3 fully saturated rings. The summed E-state index contributed by atoms with van der Waals surface area (Å²) in [6.45, 7) is 13.6. The highest BCUT2D eigenvalue weighted by Gasteiger charge is 2.51. The van der Waals surface area contributed by atoms with E-state index in [1.807, 2.05) is 34.6 Å². The Morgan fingerprint density at radius 3 is 2.50 bits per heavy atom. The Hall–Kier alpha value is -3.81. The standard InChI is InChI=1S/C35H47FN6O6/c1-22-16-39(27(18-41(22)33(45)48-34(3,4)5)17-40-12-13-46-21-35(40)10-11-35)19-29(43)42-23(2)20-47-32-28(42)15-25(30(38-32)31(37)44)14-24-6-8-26(36)9-7-24/h6-9,15,22-23,27H,10-14,16-21H2,1-5H3,(H2,37,44)/t22-,23+,27+/m1/s1. The van der Waals surface area contributed by atoms with Crippen molar-refractivity contribution in [2.24, 2.45) is 5.73 Å². The maximum atomic E-state index is 14.4. The number of hydrogen-bond acceptors (Lipinski definition) is 9. The number of carbonyl (C=O) groups excluding carboxylic acids is 3. The van der Waals surface area contributed by atoms with E-state index in [9.17, 15) is 18.8 Å². The third-order valence-electron chi connectivity index (χ3n) is 9.75. The maximum Gasteiger partial charge on any atom is 0.410 e. The van der Waals surface area contributed by atoms with E-state index in [-0.39, 0.29) is 72.6 Å². The minimum Gasteiger partial charge on any atom is -0.474 e. The molecule has 0 radical (unpaired) electrons. The number of piperazine rings is 1. The summed E-state index contributed by atoms with van der Waals surface area (Å²) < 4.78 is 31.1. The molecule has 2 aromatic rings. The summed E-state index contributed by atoms with van der Waals surface area (Å²) in [5.41, 5.74) is 6.91. The quantitative estimate of drug-likeness (QED) is 0.474. The minimum atomic E-state index is -0.716. The Balaban J connectivity index is 1.27. The first-order valence-electron chi connectivity index (χ1n) is 16.8. The van der Waals surface area contributed by atoms with E-state index in [4.69, 9.17) is 19.9 Å². The number of amides is 3. The molecule has 2 N–H and O–H groups in total. The molecule has 3 aliphatic heterocycles. The number of aromatic nitrogens is 1. The topological polar surface area (TPSA) is 131 Å². The average Bonchev–Trinajstić information content (AvgIpc) is 3.78. The second-order valence-electron chi connectivity index (χ2n) is 14.7. The summed E-state index contributed by atoms with van der Waals surface area (Å²) in [7, 11) is 0. The van der Waals surface area contributed by atoms with Gasteiger partial charge in [0, 0.05) is 43.8 Å². The summed E-state index contributed by atoms with van der Waals surface area (Å²) in [6.07, 6.45) is 2.07. The van der Waals surface area contributed by atoms with Gasteiger partial charge in [-0.1, -0.05) is 12.1 Å². The lowest BCUT2D eigenvalue weighted by molar-refractivity contribution is -0.122. The van der Waals surface area contributed by atoms with E-state index in [2.05, 4.69) is 14.8 Å². The normalized spacial score (nSPS) is 24.2. The zero-order valence-electron chi connectivity index (χ0n) is 28.5. The second-order valence-corrected chi connectivity index (χ2v) is 14.7. The number of benzene rings is 1. The Kier molecular flexibility index (Phi) is 9.40. The maximum absolute atomic E-state index is 14.4. The number of ether oxygens (including phenoxy) is 3. The van der Waals surface area contributed by atoms with Crippen LogP contribution in [-0.4, -0.2) is 119 Å². The van der Waals surface area contributed by atoms with E-state index >= 15 is 0 Å². The SMILES string of the molecule is C[C@@H]1CN(CC(=O)N2c3cc(Cc4ccc(F)cc4)c(C(N)=O)nc3OC[C@@H]2C)[C@@H](CN2CCOCC23CC3)CN1C(=O)OC(C)(C)C. The van der Waals surface area contributed by atoms with E-state index in [0.29, 0.717) is 44.1 Å². The first kappa shape index (κ1) is 34.1. The number of nitrogens with zero attached hydrogens (tertiary/aromatic N) is 5. The molecule has 6 rings (SSSR count). The lowest BCUT2D eigenvalue weighted by Crippen LogP contribution is -2.65. The van der Waals surface area contributed by atoms with Gasteiger partial charge in [0.1, 0.15) is 29.4 Å². The first-order chi connectivity index (χ1) is 22.7. The highest BCUT2D eigenvalue weighted by atomic mass is 19.1. The molecule has 260 valence electrons. The fourth-order valence-electron chi connectivity index (χ4n) is 7.08. The number of pyridine rings is 1. The van der Waals surface area contributed by atoms with Crippen LogP contribution in [0.25, 0.3) is 0 Å². The molecule has 12 nitrogen and oxygen atoms in total. The minimum absolute atomic E-state index is 0.0378. The van der Waals surface area contributed by atoms with Gasteiger partial charge in [0.2, 0.25) is 11.8 Å². The van der Waals surface area contributed by atoms with Crippen molar-refractivity contribution in [3.63, 3.8) is 0 Å². The number of carbonyl (C=O) groups is 3. The number of anilines is 1. The molecule has 0 bridgehead atoms. The van der Waals surface area contributed by atoms with Crippen LogP contribution in [-0.2, 0) is 20.7 Å². The average molecular weight is 667 g/mol. The molecule has 1 aromatic heterocycles. The molecule has 13 heteroatoms. The number of morpholine rings is 1. The Labute approximate surface area is 281 Å². The zero-order valence-corrected chi connectivity index (χ0v) is 28.5. The molecule has 1 spiro atoms. The summed E-state index contributed by atoms with van der Waals surface area (Å²) >= 11 is 0. The van der Waals surface area contributed by atoms with Gasteiger partial charge in [0.15, 0.2) is 0 Å². The van der Waals surface area contributed by atoms with Crippen LogP contribution >= 0.6 is 0 Å². The van der Waals surface area contributed by atoms with Crippen molar-refractivity contribution in [2.45, 2.75) is 83.1 Å². The van der Waals surface area contributed by atoms with Crippen LogP contribution in [0, 0.1) is 5.82 Å². The molecule has 3 atom stereocenters. The van der Waals surface area contributed by atoms with Gasteiger partial charge in [-0.2, -0.15) is 0 Å². The molecular weight excluding hydrogens is 619 g/mol.